The number of likely N-dealkylation sites (N-methyl/N-ethyl adjacent to an activating group) is 1. The fraction of sp³-hybridized carbons (Fsp3) is 0.412. The van der Waals surface area contributed by atoms with Gasteiger partial charge in [-0.2, -0.15) is 4.31 Å². The van der Waals surface area contributed by atoms with Gasteiger partial charge in [0.2, 0.25) is 10.0 Å². The Labute approximate surface area is 145 Å². The molecule has 25 heavy (non-hydrogen) atoms. The molecule has 1 amide bonds. The van der Waals surface area contributed by atoms with Crippen molar-refractivity contribution in [3.05, 3.63) is 36.7 Å². The molecule has 0 spiro atoms. The molecule has 2 unspecified atom stereocenters. The molecule has 1 saturated carbocycles. The van der Waals surface area contributed by atoms with Crippen LogP contribution in [-0.4, -0.2) is 59.0 Å². The number of sulfonamides is 1. The minimum Gasteiger partial charge on any atom is -0.465 e. The number of aromatic nitrogens is 1. The van der Waals surface area contributed by atoms with Crippen LogP contribution in [0.15, 0.2) is 41.6 Å². The zero-order chi connectivity index (χ0) is 17.8. The number of rotatable bonds is 4. The zero-order valence-electron chi connectivity index (χ0n) is 13.8. The third kappa shape index (κ3) is 2.31. The molecule has 2 atom stereocenters. The summed E-state index contributed by atoms with van der Waals surface area (Å²) in [5.74, 6) is 0.0787. The number of hydrogen-bond acceptors (Lipinski definition) is 4. The lowest BCUT2D eigenvalue weighted by Crippen LogP contribution is -2.46. The Morgan fingerprint density at radius 1 is 1.44 bits per heavy atom. The van der Waals surface area contributed by atoms with E-state index < -0.39 is 21.7 Å². The SMILES string of the molecule is CCN(C(=O)O)C12CC1CN(S(=O)(=O)c1cccc3cnccc13)C2. The molecular formula is C17H19N3O4S. The normalized spacial score (nSPS) is 25.7. The second-order valence-corrected chi connectivity index (χ2v) is 8.59. The lowest BCUT2D eigenvalue weighted by molar-refractivity contribution is 0.118. The van der Waals surface area contributed by atoms with E-state index in [1.165, 1.54) is 9.21 Å². The Balaban J connectivity index is 1.70. The van der Waals surface area contributed by atoms with Crippen molar-refractivity contribution in [2.45, 2.75) is 23.8 Å². The summed E-state index contributed by atoms with van der Waals surface area (Å²) in [5.41, 5.74) is -0.556. The van der Waals surface area contributed by atoms with Gasteiger partial charge in [-0.15, -0.1) is 0 Å². The fourth-order valence-corrected chi connectivity index (χ4v) is 5.87. The Morgan fingerprint density at radius 3 is 2.96 bits per heavy atom. The fourth-order valence-electron chi connectivity index (χ4n) is 4.11. The maximum atomic E-state index is 13.2. The smallest absolute Gasteiger partial charge is 0.407 e. The number of nitrogens with zero attached hydrogens (tertiary/aromatic N) is 3. The number of pyridine rings is 1. The third-order valence-corrected chi connectivity index (χ3v) is 7.29. The lowest BCUT2D eigenvalue weighted by atomic mass is 10.2. The first kappa shape index (κ1) is 16.3. The van der Waals surface area contributed by atoms with Crippen molar-refractivity contribution in [2.75, 3.05) is 19.6 Å². The number of carboxylic acid groups (broad SMARTS) is 1. The van der Waals surface area contributed by atoms with E-state index in [9.17, 15) is 18.3 Å². The first-order valence-electron chi connectivity index (χ1n) is 8.23. The van der Waals surface area contributed by atoms with E-state index in [4.69, 9.17) is 0 Å². The molecule has 7 nitrogen and oxygen atoms in total. The van der Waals surface area contributed by atoms with Gasteiger partial charge in [-0.05, 0) is 31.4 Å². The third-order valence-electron chi connectivity index (χ3n) is 5.42. The van der Waals surface area contributed by atoms with Gasteiger partial charge in [0.25, 0.3) is 0 Å². The van der Waals surface area contributed by atoms with E-state index >= 15 is 0 Å². The van der Waals surface area contributed by atoms with Gasteiger partial charge >= 0.3 is 6.09 Å². The van der Waals surface area contributed by atoms with Crippen LogP contribution in [0.2, 0.25) is 0 Å². The van der Waals surface area contributed by atoms with Gasteiger partial charge < -0.3 is 10.0 Å². The highest BCUT2D eigenvalue weighted by Gasteiger charge is 2.66. The van der Waals surface area contributed by atoms with Crippen LogP contribution in [0.1, 0.15) is 13.3 Å². The molecule has 0 bridgehead atoms. The topological polar surface area (TPSA) is 90.8 Å². The summed E-state index contributed by atoms with van der Waals surface area (Å²) in [7, 11) is -3.69. The molecule has 2 fully saturated rings. The van der Waals surface area contributed by atoms with Gasteiger partial charge in [0, 0.05) is 42.8 Å². The van der Waals surface area contributed by atoms with Crippen molar-refractivity contribution in [3.8, 4) is 0 Å². The van der Waals surface area contributed by atoms with Crippen molar-refractivity contribution < 1.29 is 18.3 Å². The standard InChI is InChI=1S/C17H19N3O4S/c1-2-20(16(21)22)17-8-13(17)10-19(11-17)25(23,24)15-5-3-4-12-9-18-7-6-14(12)15/h3-7,9,13H,2,8,10-11H2,1H3,(H,21,22). The Hall–Kier alpha value is -2.19. The van der Waals surface area contributed by atoms with Crippen LogP contribution in [0, 0.1) is 5.92 Å². The molecule has 1 N–H and O–H groups in total. The van der Waals surface area contributed by atoms with Crippen LogP contribution < -0.4 is 0 Å². The van der Waals surface area contributed by atoms with Crippen LogP contribution in [0.3, 0.4) is 0 Å². The average molecular weight is 361 g/mol. The predicted octanol–water partition coefficient (Wildman–Crippen LogP) is 2.00. The highest BCUT2D eigenvalue weighted by Crippen LogP contribution is 2.55. The van der Waals surface area contributed by atoms with Gasteiger partial charge in [0.05, 0.1) is 10.4 Å². The van der Waals surface area contributed by atoms with Gasteiger partial charge in [0.1, 0.15) is 0 Å². The van der Waals surface area contributed by atoms with Gasteiger partial charge in [-0.3, -0.25) is 4.98 Å². The van der Waals surface area contributed by atoms with Crippen LogP contribution in [-0.2, 0) is 10.0 Å². The van der Waals surface area contributed by atoms with Crippen LogP contribution in [0.5, 0.6) is 0 Å². The molecule has 1 aliphatic heterocycles. The minimum atomic E-state index is -3.69. The van der Waals surface area contributed by atoms with Crippen molar-refractivity contribution in [1.82, 2.24) is 14.2 Å². The second kappa shape index (κ2) is 5.40. The quantitative estimate of drug-likeness (QED) is 0.899. The number of piperidine rings is 1. The summed E-state index contributed by atoms with van der Waals surface area (Å²) < 4.78 is 27.8. The maximum absolute atomic E-state index is 13.2. The Bertz CT molecular complexity index is 956. The molecule has 1 aromatic heterocycles. The second-order valence-electron chi connectivity index (χ2n) is 6.68. The van der Waals surface area contributed by atoms with Crippen LogP contribution in [0.25, 0.3) is 10.8 Å². The maximum Gasteiger partial charge on any atom is 0.407 e. The average Bonchev–Trinajstić information content (AvgIpc) is 3.14. The molecule has 2 heterocycles. The van der Waals surface area contributed by atoms with E-state index in [0.29, 0.717) is 18.5 Å². The summed E-state index contributed by atoms with van der Waals surface area (Å²) in [6, 6.07) is 6.83. The highest BCUT2D eigenvalue weighted by molar-refractivity contribution is 7.89. The largest absolute Gasteiger partial charge is 0.465 e. The molecular weight excluding hydrogens is 342 g/mol. The summed E-state index contributed by atoms with van der Waals surface area (Å²) in [5, 5.41) is 10.8. The molecule has 4 rings (SSSR count). The van der Waals surface area contributed by atoms with Crippen LogP contribution >= 0.6 is 0 Å². The summed E-state index contributed by atoms with van der Waals surface area (Å²) in [6.45, 7) is 2.74. The van der Waals surface area contributed by atoms with E-state index in [1.54, 1.807) is 37.5 Å². The number of hydrogen-bond donors (Lipinski definition) is 1. The highest BCUT2D eigenvalue weighted by atomic mass is 32.2. The van der Waals surface area contributed by atoms with E-state index in [-0.39, 0.29) is 17.4 Å². The molecule has 0 radical (unpaired) electrons. The van der Waals surface area contributed by atoms with Crippen LogP contribution in [0.4, 0.5) is 4.79 Å². The molecule has 8 heteroatoms. The number of carbonyl (C=O) groups is 1. The predicted molar refractivity (Wildman–Crippen MR) is 91.7 cm³/mol. The Morgan fingerprint density at radius 2 is 2.24 bits per heavy atom. The number of fused-ring (bicyclic) bond motifs is 2. The number of benzene rings is 1. The van der Waals surface area contributed by atoms with Crippen molar-refractivity contribution >= 4 is 26.9 Å². The lowest BCUT2D eigenvalue weighted by Gasteiger charge is -2.29. The molecule has 132 valence electrons. The van der Waals surface area contributed by atoms with Gasteiger partial charge in [-0.25, -0.2) is 13.2 Å². The minimum absolute atomic E-state index is 0.0787. The monoisotopic (exact) mass is 361 g/mol. The summed E-state index contributed by atoms with van der Waals surface area (Å²) in [6.07, 6.45) is 2.97. The first-order valence-corrected chi connectivity index (χ1v) is 9.67. The Kier molecular flexibility index (Phi) is 3.52. The molecule has 1 saturated heterocycles. The molecule has 1 aromatic carbocycles. The van der Waals surface area contributed by atoms with E-state index in [1.807, 2.05) is 6.07 Å². The van der Waals surface area contributed by atoms with E-state index in [0.717, 1.165) is 11.8 Å². The molecule has 1 aliphatic carbocycles. The van der Waals surface area contributed by atoms with Crippen molar-refractivity contribution in [3.63, 3.8) is 0 Å². The van der Waals surface area contributed by atoms with Crippen molar-refractivity contribution in [1.29, 1.82) is 0 Å². The van der Waals surface area contributed by atoms with E-state index in [2.05, 4.69) is 4.98 Å². The van der Waals surface area contributed by atoms with Gasteiger partial charge in [-0.1, -0.05) is 12.1 Å². The summed E-state index contributed by atoms with van der Waals surface area (Å²) >= 11 is 0. The first-order chi connectivity index (χ1) is 11.9. The zero-order valence-corrected chi connectivity index (χ0v) is 14.6. The summed E-state index contributed by atoms with van der Waals surface area (Å²) in [4.78, 5) is 17.2. The number of amides is 1. The molecule has 2 aliphatic rings. The molecule has 2 aromatic rings. The van der Waals surface area contributed by atoms with Gasteiger partial charge in [0.15, 0.2) is 0 Å². The van der Waals surface area contributed by atoms with Crippen molar-refractivity contribution in [2.24, 2.45) is 5.92 Å².